The van der Waals surface area contributed by atoms with Gasteiger partial charge in [-0.05, 0) is 36.8 Å². The molecule has 0 unspecified atom stereocenters. The fraction of sp³-hybridized carbons (Fsp3) is 0.0833. The SMILES string of the molecule is Cc1cccnc1NS(=O)(=O)c1ccc(F)c(Cl)c1. The van der Waals surface area contributed by atoms with E-state index in [1.54, 1.807) is 19.1 Å². The molecule has 1 aromatic heterocycles. The highest BCUT2D eigenvalue weighted by Crippen LogP contribution is 2.22. The lowest BCUT2D eigenvalue weighted by Gasteiger charge is -2.09. The Hall–Kier alpha value is -1.66. The molecule has 0 saturated heterocycles. The van der Waals surface area contributed by atoms with Gasteiger partial charge in [0, 0.05) is 6.20 Å². The number of nitrogens with zero attached hydrogens (tertiary/aromatic N) is 1. The summed E-state index contributed by atoms with van der Waals surface area (Å²) in [5, 5.41) is -0.249. The van der Waals surface area contributed by atoms with E-state index in [1.165, 1.54) is 6.20 Å². The lowest BCUT2D eigenvalue weighted by Crippen LogP contribution is -2.14. The molecule has 0 aliphatic rings. The number of aryl methyl sites for hydroxylation is 1. The number of rotatable bonds is 3. The predicted molar refractivity (Wildman–Crippen MR) is 71.2 cm³/mol. The van der Waals surface area contributed by atoms with Gasteiger partial charge in [0.25, 0.3) is 10.0 Å². The van der Waals surface area contributed by atoms with Crippen molar-refractivity contribution in [3.8, 4) is 0 Å². The van der Waals surface area contributed by atoms with Gasteiger partial charge in [-0.2, -0.15) is 0 Å². The summed E-state index contributed by atoms with van der Waals surface area (Å²) >= 11 is 5.57. The standard InChI is InChI=1S/C12H10ClFN2O2S/c1-8-3-2-6-15-12(8)16-19(17,18)9-4-5-11(14)10(13)7-9/h2-7H,1H3,(H,15,16). The second kappa shape index (κ2) is 5.14. The van der Waals surface area contributed by atoms with Crippen LogP contribution in [0.5, 0.6) is 0 Å². The van der Waals surface area contributed by atoms with E-state index in [4.69, 9.17) is 11.6 Å². The first-order valence-corrected chi connectivity index (χ1v) is 7.16. The molecule has 0 radical (unpaired) electrons. The molecule has 2 aromatic rings. The third kappa shape index (κ3) is 3.02. The van der Waals surface area contributed by atoms with E-state index in [2.05, 4.69) is 9.71 Å². The van der Waals surface area contributed by atoms with Gasteiger partial charge >= 0.3 is 0 Å². The molecule has 0 bridgehead atoms. The van der Waals surface area contributed by atoms with Gasteiger partial charge in [-0.25, -0.2) is 17.8 Å². The summed E-state index contributed by atoms with van der Waals surface area (Å²) in [7, 11) is -3.84. The van der Waals surface area contributed by atoms with Crippen molar-refractivity contribution in [3.05, 3.63) is 52.9 Å². The molecule has 0 fully saturated rings. The van der Waals surface area contributed by atoms with Gasteiger partial charge in [0.1, 0.15) is 11.6 Å². The highest BCUT2D eigenvalue weighted by Gasteiger charge is 2.17. The minimum Gasteiger partial charge on any atom is -0.263 e. The number of benzene rings is 1. The summed E-state index contributed by atoms with van der Waals surface area (Å²) in [5.74, 6) is -0.447. The van der Waals surface area contributed by atoms with Crippen LogP contribution < -0.4 is 4.72 Å². The Bertz CT molecular complexity index is 719. The lowest BCUT2D eigenvalue weighted by atomic mass is 10.3. The maximum atomic E-state index is 13.0. The van der Waals surface area contributed by atoms with Gasteiger partial charge in [-0.15, -0.1) is 0 Å². The summed E-state index contributed by atoms with van der Waals surface area (Å²) in [4.78, 5) is 3.81. The fourth-order valence-corrected chi connectivity index (χ4v) is 2.77. The summed E-state index contributed by atoms with van der Waals surface area (Å²) in [6.45, 7) is 1.72. The van der Waals surface area contributed by atoms with E-state index in [1.807, 2.05) is 0 Å². The van der Waals surface area contributed by atoms with Crippen molar-refractivity contribution in [3.63, 3.8) is 0 Å². The second-order valence-electron chi connectivity index (χ2n) is 3.85. The van der Waals surface area contributed by atoms with Gasteiger partial charge < -0.3 is 0 Å². The van der Waals surface area contributed by atoms with E-state index in [9.17, 15) is 12.8 Å². The van der Waals surface area contributed by atoms with Gasteiger partial charge in [0.2, 0.25) is 0 Å². The molecule has 19 heavy (non-hydrogen) atoms. The molecule has 1 aromatic carbocycles. The molecule has 100 valence electrons. The fourth-order valence-electron chi connectivity index (χ4n) is 1.42. The number of sulfonamides is 1. The quantitative estimate of drug-likeness (QED) is 0.948. The molecule has 2 rings (SSSR count). The summed E-state index contributed by atoms with van der Waals surface area (Å²) in [5.41, 5.74) is 0.680. The van der Waals surface area contributed by atoms with Crippen LogP contribution in [0, 0.1) is 12.7 Å². The van der Waals surface area contributed by atoms with Crippen LogP contribution in [0.2, 0.25) is 5.02 Å². The molecular formula is C12H10ClFN2O2S. The molecule has 0 spiro atoms. The number of pyridine rings is 1. The van der Waals surface area contributed by atoms with Crippen molar-refractivity contribution in [1.82, 2.24) is 4.98 Å². The van der Waals surface area contributed by atoms with Crippen LogP contribution in [0.1, 0.15) is 5.56 Å². The Balaban J connectivity index is 2.38. The number of halogens is 2. The Morgan fingerprint density at radius 2 is 2.05 bits per heavy atom. The van der Waals surface area contributed by atoms with Crippen LogP contribution in [-0.2, 0) is 10.0 Å². The van der Waals surface area contributed by atoms with Crippen molar-refractivity contribution in [2.45, 2.75) is 11.8 Å². The van der Waals surface area contributed by atoms with E-state index >= 15 is 0 Å². The molecule has 4 nitrogen and oxygen atoms in total. The molecule has 0 saturated carbocycles. The second-order valence-corrected chi connectivity index (χ2v) is 5.94. The monoisotopic (exact) mass is 300 g/mol. The zero-order chi connectivity index (χ0) is 14.0. The Kier molecular flexibility index (Phi) is 3.73. The van der Waals surface area contributed by atoms with Crippen LogP contribution in [0.15, 0.2) is 41.4 Å². The zero-order valence-corrected chi connectivity index (χ0v) is 11.5. The molecule has 7 heteroatoms. The smallest absolute Gasteiger partial charge is 0.263 e. The number of nitrogens with one attached hydrogen (secondary N) is 1. The summed E-state index contributed by atoms with van der Waals surface area (Å²) in [6.07, 6.45) is 1.47. The minimum atomic E-state index is -3.84. The Labute approximate surface area is 115 Å². The van der Waals surface area contributed by atoms with Crippen molar-refractivity contribution in [2.75, 3.05) is 4.72 Å². The van der Waals surface area contributed by atoms with Gasteiger partial charge in [0.15, 0.2) is 0 Å². The van der Waals surface area contributed by atoms with E-state index in [-0.39, 0.29) is 15.7 Å². The van der Waals surface area contributed by atoms with Crippen LogP contribution >= 0.6 is 11.6 Å². The number of hydrogen-bond acceptors (Lipinski definition) is 3. The van der Waals surface area contributed by atoms with Gasteiger partial charge in [-0.1, -0.05) is 17.7 Å². The zero-order valence-electron chi connectivity index (χ0n) is 9.89. The number of aromatic nitrogens is 1. The van der Waals surface area contributed by atoms with E-state index in [0.29, 0.717) is 5.56 Å². The largest absolute Gasteiger partial charge is 0.263 e. The van der Waals surface area contributed by atoms with E-state index in [0.717, 1.165) is 18.2 Å². The third-order valence-electron chi connectivity index (χ3n) is 2.44. The molecule has 0 aliphatic carbocycles. The molecule has 0 aliphatic heterocycles. The summed E-state index contributed by atoms with van der Waals surface area (Å²) < 4.78 is 39.5. The predicted octanol–water partition coefficient (Wildman–Crippen LogP) is 2.98. The molecule has 1 N–H and O–H groups in total. The summed E-state index contributed by atoms with van der Waals surface area (Å²) in [6, 6.07) is 6.62. The average Bonchev–Trinajstić information content (AvgIpc) is 2.35. The highest BCUT2D eigenvalue weighted by atomic mass is 35.5. The highest BCUT2D eigenvalue weighted by molar-refractivity contribution is 7.92. The maximum Gasteiger partial charge on any atom is 0.263 e. The average molecular weight is 301 g/mol. The van der Waals surface area contributed by atoms with Crippen LogP contribution in [0.4, 0.5) is 10.2 Å². The first-order valence-electron chi connectivity index (χ1n) is 5.29. The van der Waals surface area contributed by atoms with Crippen LogP contribution in [-0.4, -0.2) is 13.4 Å². The molecule has 0 atom stereocenters. The Morgan fingerprint density at radius 3 is 2.68 bits per heavy atom. The molecule has 1 heterocycles. The van der Waals surface area contributed by atoms with Crippen LogP contribution in [0.25, 0.3) is 0 Å². The normalized spacial score (nSPS) is 11.3. The maximum absolute atomic E-state index is 13.0. The van der Waals surface area contributed by atoms with E-state index < -0.39 is 15.8 Å². The van der Waals surface area contributed by atoms with Gasteiger partial charge in [0.05, 0.1) is 9.92 Å². The number of anilines is 1. The van der Waals surface area contributed by atoms with Crippen LogP contribution in [0.3, 0.4) is 0 Å². The van der Waals surface area contributed by atoms with Gasteiger partial charge in [-0.3, -0.25) is 4.72 Å². The lowest BCUT2D eigenvalue weighted by molar-refractivity contribution is 0.599. The van der Waals surface area contributed by atoms with Crippen molar-refractivity contribution < 1.29 is 12.8 Å². The van der Waals surface area contributed by atoms with Crippen molar-refractivity contribution in [1.29, 1.82) is 0 Å². The topological polar surface area (TPSA) is 59.1 Å². The minimum absolute atomic E-state index is 0.121. The molecular weight excluding hydrogens is 291 g/mol. The van der Waals surface area contributed by atoms with Crippen molar-refractivity contribution in [2.24, 2.45) is 0 Å². The third-order valence-corrected chi connectivity index (χ3v) is 4.07. The molecule has 0 amide bonds. The Morgan fingerprint density at radius 1 is 1.32 bits per heavy atom. The number of hydrogen-bond donors (Lipinski definition) is 1. The van der Waals surface area contributed by atoms with Crippen molar-refractivity contribution >= 4 is 27.4 Å². The first kappa shape index (κ1) is 13.8. The first-order chi connectivity index (χ1) is 8.90.